The quantitative estimate of drug-likeness (QED) is 0.785. The molecule has 0 saturated carbocycles. The number of benzene rings is 2. The first-order valence-corrected chi connectivity index (χ1v) is 7.92. The van der Waals surface area contributed by atoms with Gasteiger partial charge in [-0.1, -0.05) is 36.4 Å². The van der Waals surface area contributed by atoms with Crippen LogP contribution in [0.15, 0.2) is 48.7 Å². The fourth-order valence-electron chi connectivity index (χ4n) is 2.98. The van der Waals surface area contributed by atoms with Gasteiger partial charge in [-0.15, -0.1) is 0 Å². The van der Waals surface area contributed by atoms with Crippen molar-refractivity contribution in [2.75, 3.05) is 13.7 Å². The zero-order valence-corrected chi connectivity index (χ0v) is 14.1. The standard InChI is InChI=1S/C19H21N3O2/c1-13(21-19(23)12-24-3)17-11-20-22(14(17)2)18-10-6-8-15-7-4-5-9-16(15)18/h4-11,13H,12H2,1-3H3,(H,21,23). The van der Waals surface area contributed by atoms with Crippen LogP contribution < -0.4 is 5.32 Å². The maximum absolute atomic E-state index is 11.7. The molecule has 24 heavy (non-hydrogen) atoms. The van der Waals surface area contributed by atoms with Crippen LogP contribution in [-0.4, -0.2) is 29.4 Å². The Morgan fingerprint density at radius 2 is 2.00 bits per heavy atom. The summed E-state index contributed by atoms with van der Waals surface area (Å²) in [5.74, 6) is -0.137. The van der Waals surface area contributed by atoms with Gasteiger partial charge in [-0.05, 0) is 25.3 Å². The van der Waals surface area contributed by atoms with Crippen LogP contribution in [0.2, 0.25) is 0 Å². The first kappa shape index (κ1) is 16.2. The molecule has 1 heterocycles. The zero-order chi connectivity index (χ0) is 17.1. The van der Waals surface area contributed by atoms with Crippen LogP contribution in [0, 0.1) is 6.92 Å². The lowest BCUT2D eigenvalue weighted by molar-refractivity contribution is -0.125. The molecule has 0 spiro atoms. The number of amides is 1. The molecule has 1 unspecified atom stereocenters. The highest BCUT2D eigenvalue weighted by Gasteiger charge is 2.17. The second kappa shape index (κ2) is 6.84. The maximum Gasteiger partial charge on any atom is 0.246 e. The number of methoxy groups -OCH3 is 1. The Balaban J connectivity index is 1.96. The average Bonchev–Trinajstić information content (AvgIpc) is 2.96. The van der Waals surface area contributed by atoms with Gasteiger partial charge in [0.1, 0.15) is 6.61 Å². The Hall–Kier alpha value is -2.66. The SMILES string of the molecule is COCC(=O)NC(C)c1cnn(-c2cccc3ccccc23)c1C. The molecule has 0 bridgehead atoms. The van der Waals surface area contributed by atoms with E-state index in [2.05, 4.69) is 34.7 Å². The number of nitrogens with one attached hydrogen (secondary N) is 1. The van der Waals surface area contributed by atoms with Crippen molar-refractivity contribution in [1.29, 1.82) is 0 Å². The number of hydrogen-bond acceptors (Lipinski definition) is 3. The summed E-state index contributed by atoms with van der Waals surface area (Å²) in [6.45, 7) is 4.02. The summed E-state index contributed by atoms with van der Waals surface area (Å²) in [5, 5.41) is 9.79. The summed E-state index contributed by atoms with van der Waals surface area (Å²) >= 11 is 0. The molecule has 0 radical (unpaired) electrons. The van der Waals surface area contributed by atoms with Gasteiger partial charge in [-0.3, -0.25) is 4.79 Å². The molecule has 5 nitrogen and oxygen atoms in total. The first-order valence-electron chi connectivity index (χ1n) is 7.92. The minimum atomic E-state index is -0.137. The third-order valence-electron chi connectivity index (χ3n) is 4.16. The zero-order valence-electron chi connectivity index (χ0n) is 14.1. The molecule has 0 aliphatic carbocycles. The molecule has 2 aromatic carbocycles. The Morgan fingerprint density at radius 1 is 1.25 bits per heavy atom. The van der Waals surface area contributed by atoms with E-state index in [1.54, 1.807) is 0 Å². The van der Waals surface area contributed by atoms with Crippen LogP contribution in [0.3, 0.4) is 0 Å². The molecule has 0 aliphatic heterocycles. The smallest absolute Gasteiger partial charge is 0.246 e. The van der Waals surface area contributed by atoms with Gasteiger partial charge < -0.3 is 10.1 Å². The average molecular weight is 323 g/mol. The van der Waals surface area contributed by atoms with Gasteiger partial charge in [0.25, 0.3) is 0 Å². The Bertz CT molecular complexity index is 865. The maximum atomic E-state index is 11.7. The van der Waals surface area contributed by atoms with Crippen LogP contribution in [0.25, 0.3) is 16.5 Å². The number of carbonyl (C=O) groups excluding carboxylic acids is 1. The van der Waals surface area contributed by atoms with Crippen LogP contribution >= 0.6 is 0 Å². The van der Waals surface area contributed by atoms with Crippen molar-refractivity contribution in [3.8, 4) is 5.69 Å². The third kappa shape index (κ3) is 3.03. The van der Waals surface area contributed by atoms with Gasteiger partial charge in [0, 0.05) is 23.8 Å². The second-order valence-electron chi connectivity index (χ2n) is 5.82. The van der Waals surface area contributed by atoms with Crippen LogP contribution in [-0.2, 0) is 9.53 Å². The van der Waals surface area contributed by atoms with E-state index >= 15 is 0 Å². The number of hydrogen-bond donors (Lipinski definition) is 1. The lowest BCUT2D eigenvalue weighted by Gasteiger charge is -2.14. The summed E-state index contributed by atoms with van der Waals surface area (Å²) in [6.07, 6.45) is 1.81. The molecule has 3 rings (SSSR count). The van der Waals surface area contributed by atoms with Crippen molar-refractivity contribution in [2.45, 2.75) is 19.9 Å². The second-order valence-corrected chi connectivity index (χ2v) is 5.82. The Labute approximate surface area is 141 Å². The number of rotatable bonds is 5. The predicted molar refractivity (Wildman–Crippen MR) is 94.2 cm³/mol. The molecule has 0 saturated heterocycles. The normalized spacial score (nSPS) is 12.3. The molecule has 1 atom stereocenters. The van der Waals surface area contributed by atoms with E-state index in [0.29, 0.717) is 0 Å². The van der Waals surface area contributed by atoms with Crippen molar-refractivity contribution >= 4 is 16.7 Å². The first-order chi connectivity index (χ1) is 11.6. The van der Waals surface area contributed by atoms with E-state index in [9.17, 15) is 4.79 Å². The summed E-state index contributed by atoms with van der Waals surface area (Å²) in [4.78, 5) is 11.7. The number of carbonyl (C=O) groups is 1. The molecule has 0 fully saturated rings. The molecule has 1 aromatic heterocycles. The highest BCUT2D eigenvalue weighted by Crippen LogP contribution is 2.25. The summed E-state index contributed by atoms with van der Waals surface area (Å²) < 4.78 is 6.79. The lowest BCUT2D eigenvalue weighted by atomic mass is 10.1. The highest BCUT2D eigenvalue weighted by atomic mass is 16.5. The Kier molecular flexibility index (Phi) is 4.62. The summed E-state index contributed by atoms with van der Waals surface area (Å²) in [7, 11) is 1.51. The van der Waals surface area contributed by atoms with E-state index in [-0.39, 0.29) is 18.6 Å². The van der Waals surface area contributed by atoms with E-state index < -0.39 is 0 Å². The fraction of sp³-hybridized carbons (Fsp3) is 0.263. The number of ether oxygens (including phenoxy) is 1. The molecule has 1 amide bonds. The summed E-state index contributed by atoms with van der Waals surface area (Å²) in [5.41, 5.74) is 3.04. The molecular formula is C19H21N3O2. The Morgan fingerprint density at radius 3 is 2.79 bits per heavy atom. The van der Waals surface area contributed by atoms with E-state index in [1.165, 1.54) is 12.5 Å². The molecule has 0 aliphatic rings. The van der Waals surface area contributed by atoms with Crippen LogP contribution in [0.4, 0.5) is 0 Å². The molecule has 5 heteroatoms. The predicted octanol–water partition coefficient (Wildman–Crippen LogP) is 3.16. The van der Waals surface area contributed by atoms with Gasteiger partial charge in [-0.25, -0.2) is 4.68 Å². The highest BCUT2D eigenvalue weighted by molar-refractivity contribution is 5.90. The minimum Gasteiger partial charge on any atom is -0.375 e. The van der Waals surface area contributed by atoms with Gasteiger partial charge in [0.05, 0.1) is 17.9 Å². The van der Waals surface area contributed by atoms with E-state index in [0.717, 1.165) is 22.3 Å². The largest absolute Gasteiger partial charge is 0.375 e. The molecule has 124 valence electrons. The van der Waals surface area contributed by atoms with Crippen molar-refractivity contribution in [3.05, 3.63) is 59.9 Å². The van der Waals surface area contributed by atoms with Gasteiger partial charge >= 0.3 is 0 Å². The van der Waals surface area contributed by atoms with Crippen LogP contribution in [0.5, 0.6) is 0 Å². The lowest BCUT2D eigenvalue weighted by Crippen LogP contribution is -2.30. The van der Waals surface area contributed by atoms with Crippen molar-refractivity contribution in [3.63, 3.8) is 0 Å². The monoisotopic (exact) mass is 323 g/mol. The van der Waals surface area contributed by atoms with Gasteiger partial charge in [-0.2, -0.15) is 5.10 Å². The number of aromatic nitrogens is 2. The van der Waals surface area contributed by atoms with Crippen LogP contribution in [0.1, 0.15) is 24.2 Å². The molecule has 3 aromatic rings. The topological polar surface area (TPSA) is 56.1 Å². The van der Waals surface area contributed by atoms with E-state index in [1.807, 2.05) is 42.9 Å². The summed E-state index contributed by atoms with van der Waals surface area (Å²) in [6, 6.07) is 14.3. The van der Waals surface area contributed by atoms with Crippen molar-refractivity contribution in [1.82, 2.24) is 15.1 Å². The van der Waals surface area contributed by atoms with Crippen molar-refractivity contribution in [2.24, 2.45) is 0 Å². The van der Waals surface area contributed by atoms with Crippen molar-refractivity contribution < 1.29 is 9.53 Å². The van der Waals surface area contributed by atoms with Gasteiger partial charge in [0.2, 0.25) is 5.91 Å². The number of fused-ring (bicyclic) bond motifs is 1. The fourth-order valence-corrected chi connectivity index (χ4v) is 2.98. The van der Waals surface area contributed by atoms with E-state index in [4.69, 9.17) is 4.74 Å². The van der Waals surface area contributed by atoms with Gasteiger partial charge in [0.15, 0.2) is 0 Å². The molecule has 1 N–H and O–H groups in total. The number of nitrogens with zero attached hydrogens (tertiary/aromatic N) is 2. The minimum absolute atomic E-state index is 0.0564. The molecular weight excluding hydrogens is 302 g/mol. The third-order valence-corrected chi connectivity index (χ3v) is 4.16.